The van der Waals surface area contributed by atoms with Crippen LogP contribution in [0.15, 0.2) is 0 Å². The van der Waals surface area contributed by atoms with Crippen molar-refractivity contribution in [2.24, 2.45) is 11.5 Å². The van der Waals surface area contributed by atoms with Gasteiger partial charge in [-0.05, 0) is 38.6 Å². The van der Waals surface area contributed by atoms with E-state index in [1.54, 1.807) is 0 Å². The van der Waals surface area contributed by atoms with Gasteiger partial charge in [0.25, 0.3) is 0 Å². The quantitative estimate of drug-likeness (QED) is 0.118. The number of hydrogen-bond acceptors (Lipinski definition) is 8. The lowest BCUT2D eigenvalue weighted by molar-refractivity contribution is -0.144. The SMILES string of the molecule is NCCCCC(NC(=O)C(CS)NC(=O)C1CCCN1C(=O)C(N)CC(=O)O)C(=O)O. The minimum absolute atomic E-state index is 0.0914. The molecule has 4 unspecified atom stereocenters. The van der Waals surface area contributed by atoms with Gasteiger partial charge < -0.3 is 37.2 Å². The number of aliphatic carboxylic acids is 2. The van der Waals surface area contributed by atoms with Crippen molar-refractivity contribution in [1.29, 1.82) is 0 Å². The van der Waals surface area contributed by atoms with Gasteiger partial charge in [-0.3, -0.25) is 19.2 Å². The fourth-order valence-corrected chi connectivity index (χ4v) is 3.53. The molecule has 12 nitrogen and oxygen atoms in total. The van der Waals surface area contributed by atoms with E-state index in [9.17, 15) is 29.1 Å². The summed E-state index contributed by atoms with van der Waals surface area (Å²) in [7, 11) is 0. The van der Waals surface area contributed by atoms with E-state index in [2.05, 4.69) is 23.3 Å². The number of hydrogen-bond donors (Lipinski definition) is 7. The first-order chi connectivity index (χ1) is 14.6. The summed E-state index contributed by atoms with van der Waals surface area (Å²) in [5, 5.41) is 23.0. The normalized spacial score (nSPS) is 18.7. The zero-order valence-corrected chi connectivity index (χ0v) is 18.1. The van der Waals surface area contributed by atoms with Gasteiger partial charge in [-0.15, -0.1) is 0 Å². The topological polar surface area (TPSA) is 205 Å². The van der Waals surface area contributed by atoms with Gasteiger partial charge in [-0.25, -0.2) is 4.79 Å². The van der Waals surface area contributed by atoms with Crippen LogP contribution in [0.25, 0.3) is 0 Å². The van der Waals surface area contributed by atoms with Crippen LogP contribution in [-0.4, -0.2) is 87.8 Å². The average molecular weight is 462 g/mol. The molecular weight excluding hydrogens is 430 g/mol. The van der Waals surface area contributed by atoms with Gasteiger partial charge in [0.2, 0.25) is 17.7 Å². The minimum Gasteiger partial charge on any atom is -0.481 e. The van der Waals surface area contributed by atoms with E-state index in [1.165, 1.54) is 4.90 Å². The Morgan fingerprint density at radius 1 is 1.10 bits per heavy atom. The Hall–Kier alpha value is -2.38. The third-order valence-corrected chi connectivity index (χ3v) is 5.29. The number of carboxylic acid groups (broad SMARTS) is 2. The van der Waals surface area contributed by atoms with Gasteiger partial charge >= 0.3 is 11.9 Å². The number of carbonyl (C=O) groups excluding carboxylic acids is 3. The van der Waals surface area contributed by atoms with Gasteiger partial charge in [0, 0.05) is 12.3 Å². The third kappa shape index (κ3) is 8.34. The maximum absolute atomic E-state index is 12.7. The fraction of sp³-hybridized carbons (Fsp3) is 0.722. The summed E-state index contributed by atoms with van der Waals surface area (Å²) >= 11 is 4.06. The van der Waals surface area contributed by atoms with Crippen LogP contribution in [-0.2, 0) is 24.0 Å². The molecule has 8 N–H and O–H groups in total. The fourth-order valence-electron chi connectivity index (χ4n) is 3.28. The van der Waals surface area contributed by atoms with E-state index in [0.29, 0.717) is 32.2 Å². The van der Waals surface area contributed by atoms with E-state index >= 15 is 0 Å². The van der Waals surface area contributed by atoms with Crippen LogP contribution in [0.4, 0.5) is 0 Å². The van der Waals surface area contributed by atoms with Gasteiger partial charge in [0.05, 0.1) is 12.5 Å². The van der Waals surface area contributed by atoms with Gasteiger partial charge in [0.1, 0.15) is 18.1 Å². The second-order valence-electron chi connectivity index (χ2n) is 7.32. The molecule has 31 heavy (non-hydrogen) atoms. The average Bonchev–Trinajstić information content (AvgIpc) is 3.19. The van der Waals surface area contributed by atoms with Crippen LogP contribution in [0, 0.1) is 0 Å². The van der Waals surface area contributed by atoms with Crippen molar-refractivity contribution in [1.82, 2.24) is 15.5 Å². The molecule has 13 heteroatoms. The lowest BCUT2D eigenvalue weighted by Gasteiger charge is -2.28. The van der Waals surface area contributed by atoms with Gasteiger partial charge in [-0.2, -0.15) is 12.6 Å². The number of nitrogens with two attached hydrogens (primary N) is 2. The number of carboxylic acids is 2. The summed E-state index contributed by atoms with van der Waals surface area (Å²) in [6.07, 6.45) is 1.60. The molecule has 1 aliphatic rings. The predicted molar refractivity (Wildman–Crippen MR) is 113 cm³/mol. The number of nitrogens with one attached hydrogen (secondary N) is 2. The van der Waals surface area contributed by atoms with Crippen LogP contribution in [0.3, 0.4) is 0 Å². The van der Waals surface area contributed by atoms with Crippen molar-refractivity contribution in [3.63, 3.8) is 0 Å². The molecule has 0 aromatic heterocycles. The summed E-state index contributed by atoms with van der Waals surface area (Å²) in [6, 6.07) is -4.42. The van der Waals surface area contributed by atoms with Crippen LogP contribution < -0.4 is 22.1 Å². The van der Waals surface area contributed by atoms with Crippen LogP contribution >= 0.6 is 12.6 Å². The molecule has 1 heterocycles. The van der Waals surface area contributed by atoms with Crippen molar-refractivity contribution < 1.29 is 34.2 Å². The summed E-state index contributed by atoms with van der Waals surface area (Å²) in [4.78, 5) is 61.0. The molecule has 0 spiro atoms. The molecule has 4 atom stereocenters. The highest BCUT2D eigenvalue weighted by Crippen LogP contribution is 2.19. The number of rotatable bonds is 13. The number of carbonyl (C=O) groups is 5. The minimum atomic E-state index is -1.28. The molecule has 1 rings (SSSR count). The first-order valence-electron chi connectivity index (χ1n) is 10.0. The monoisotopic (exact) mass is 461 g/mol. The molecule has 1 saturated heterocycles. The molecule has 3 amide bonds. The number of nitrogens with zero attached hydrogens (tertiary/aromatic N) is 1. The Bertz CT molecular complexity index is 678. The van der Waals surface area contributed by atoms with Crippen molar-refractivity contribution in [2.75, 3.05) is 18.8 Å². The molecule has 1 aliphatic heterocycles. The zero-order chi connectivity index (χ0) is 23.6. The maximum atomic E-state index is 12.7. The highest BCUT2D eigenvalue weighted by molar-refractivity contribution is 7.80. The smallest absolute Gasteiger partial charge is 0.326 e. The molecule has 0 radical (unpaired) electrons. The largest absolute Gasteiger partial charge is 0.481 e. The molecule has 1 fully saturated rings. The molecule has 0 aromatic carbocycles. The van der Waals surface area contributed by atoms with Gasteiger partial charge in [0.15, 0.2) is 0 Å². The second-order valence-corrected chi connectivity index (χ2v) is 7.69. The van der Waals surface area contributed by atoms with Crippen molar-refractivity contribution in [2.45, 2.75) is 62.7 Å². The van der Waals surface area contributed by atoms with E-state index < -0.39 is 60.2 Å². The number of likely N-dealkylation sites (tertiary alicyclic amines) is 1. The molecule has 0 bridgehead atoms. The Balaban J connectivity index is 2.75. The van der Waals surface area contributed by atoms with Crippen LogP contribution in [0.2, 0.25) is 0 Å². The van der Waals surface area contributed by atoms with Crippen LogP contribution in [0.1, 0.15) is 38.5 Å². The van der Waals surface area contributed by atoms with E-state index in [0.717, 1.165) is 0 Å². The molecule has 0 saturated carbocycles. The predicted octanol–water partition coefficient (Wildman–Crippen LogP) is -2.11. The third-order valence-electron chi connectivity index (χ3n) is 4.93. The Morgan fingerprint density at radius 3 is 2.32 bits per heavy atom. The van der Waals surface area contributed by atoms with Gasteiger partial charge in [-0.1, -0.05) is 0 Å². The molecule has 176 valence electrons. The van der Waals surface area contributed by atoms with Crippen LogP contribution in [0.5, 0.6) is 0 Å². The second kappa shape index (κ2) is 13.1. The Labute approximate surface area is 185 Å². The van der Waals surface area contributed by atoms with E-state index in [4.69, 9.17) is 16.6 Å². The highest BCUT2D eigenvalue weighted by atomic mass is 32.1. The standard InChI is InChI=1S/C18H31N5O7S/c19-6-2-1-4-11(18(29)30)21-15(26)12(9-31)22-16(27)13-5-3-7-23(13)17(28)10(20)8-14(24)25/h10-13,31H,1-9,19-20H2,(H,21,26)(H,22,27)(H,24,25)(H,29,30). The summed E-state index contributed by atoms with van der Waals surface area (Å²) < 4.78 is 0. The van der Waals surface area contributed by atoms with E-state index in [1.807, 2.05) is 0 Å². The lowest BCUT2D eigenvalue weighted by Crippen LogP contribution is -2.57. The summed E-state index contributed by atoms with van der Waals surface area (Å²) in [5.41, 5.74) is 11.0. The number of thiol groups is 1. The number of amides is 3. The van der Waals surface area contributed by atoms with Crippen molar-refractivity contribution >= 4 is 42.3 Å². The van der Waals surface area contributed by atoms with E-state index in [-0.39, 0.29) is 18.7 Å². The number of unbranched alkanes of at least 4 members (excludes halogenated alkanes) is 1. The molecular formula is C18H31N5O7S. The highest BCUT2D eigenvalue weighted by Gasteiger charge is 2.38. The summed E-state index contributed by atoms with van der Waals surface area (Å²) in [5.74, 6) is -4.49. The lowest BCUT2D eigenvalue weighted by atomic mass is 10.1. The van der Waals surface area contributed by atoms with Crippen molar-refractivity contribution in [3.8, 4) is 0 Å². The summed E-state index contributed by atoms with van der Waals surface area (Å²) in [6.45, 7) is 0.645. The molecule has 0 aromatic rings. The first kappa shape index (κ1) is 26.7. The first-order valence-corrected chi connectivity index (χ1v) is 10.7. The zero-order valence-electron chi connectivity index (χ0n) is 17.2. The molecule has 0 aliphatic carbocycles. The Kier molecular flexibility index (Phi) is 11.3. The maximum Gasteiger partial charge on any atom is 0.326 e. The van der Waals surface area contributed by atoms with Crippen molar-refractivity contribution in [3.05, 3.63) is 0 Å². The Morgan fingerprint density at radius 2 is 1.77 bits per heavy atom.